The fraction of sp³-hybridized carbons (Fsp3) is 0.382. The molecule has 47 heavy (non-hydrogen) atoms. The summed E-state index contributed by atoms with van der Waals surface area (Å²) in [6.07, 6.45) is 4.46. The Kier molecular flexibility index (Phi) is 11.5. The summed E-state index contributed by atoms with van der Waals surface area (Å²) in [7, 11) is 3.05. The molecule has 4 aromatic rings. The van der Waals surface area contributed by atoms with E-state index >= 15 is 0 Å². The smallest absolute Gasteiger partial charge is 0.341 e. The monoisotopic (exact) mass is 677 g/mol. The van der Waals surface area contributed by atoms with E-state index in [-0.39, 0.29) is 25.0 Å². The van der Waals surface area contributed by atoms with Gasteiger partial charge in [0.1, 0.15) is 5.00 Å². The first-order valence-electron chi connectivity index (χ1n) is 15.6. The average molecular weight is 678 g/mol. The molecule has 1 aliphatic rings. The molecule has 0 unspecified atom stereocenters. The van der Waals surface area contributed by atoms with E-state index in [1.54, 1.807) is 32.0 Å². The third-order valence-electron chi connectivity index (χ3n) is 7.85. The Morgan fingerprint density at radius 3 is 2.53 bits per heavy atom. The molecule has 248 valence electrons. The molecule has 2 aromatic heterocycles. The Balaban J connectivity index is 1.32. The summed E-state index contributed by atoms with van der Waals surface area (Å²) in [5.41, 5.74) is 3.03. The van der Waals surface area contributed by atoms with Gasteiger partial charge in [0.25, 0.3) is 5.91 Å². The SMILES string of the molecule is CCOC(=O)c1c(NC(=O)[C@@H](C)Sc2nnc(CNC(=O)c3ccc(OC)c(OC)c3)n2CCc2ccccc2)sc2c1CCCC2. The van der Waals surface area contributed by atoms with E-state index in [2.05, 4.69) is 20.8 Å². The van der Waals surface area contributed by atoms with Crippen molar-refractivity contribution in [3.63, 3.8) is 0 Å². The minimum atomic E-state index is -0.557. The molecule has 0 aliphatic heterocycles. The Labute approximate surface area is 282 Å². The number of esters is 1. The summed E-state index contributed by atoms with van der Waals surface area (Å²) in [6, 6.07) is 15.0. The van der Waals surface area contributed by atoms with Crippen molar-refractivity contribution in [3.8, 4) is 11.5 Å². The number of thiophene rings is 1. The third kappa shape index (κ3) is 8.14. The van der Waals surface area contributed by atoms with E-state index in [0.717, 1.165) is 41.7 Å². The van der Waals surface area contributed by atoms with Crippen LogP contribution in [-0.2, 0) is 41.9 Å². The molecule has 1 atom stereocenters. The number of aryl methyl sites for hydroxylation is 2. The van der Waals surface area contributed by atoms with Gasteiger partial charge in [-0.05, 0) is 75.3 Å². The summed E-state index contributed by atoms with van der Waals surface area (Å²) >= 11 is 2.74. The highest BCUT2D eigenvalue weighted by atomic mass is 32.2. The van der Waals surface area contributed by atoms with Gasteiger partial charge in [-0.1, -0.05) is 42.1 Å². The van der Waals surface area contributed by atoms with Crippen LogP contribution in [0.4, 0.5) is 5.00 Å². The molecule has 2 aromatic carbocycles. The molecular weight excluding hydrogens is 639 g/mol. The lowest BCUT2D eigenvalue weighted by molar-refractivity contribution is -0.115. The molecule has 1 aliphatic carbocycles. The van der Waals surface area contributed by atoms with Crippen LogP contribution in [0.2, 0.25) is 0 Å². The van der Waals surface area contributed by atoms with Crippen molar-refractivity contribution < 1.29 is 28.6 Å². The molecule has 2 N–H and O–H groups in total. The van der Waals surface area contributed by atoms with Gasteiger partial charge in [0.05, 0.1) is 38.2 Å². The third-order valence-corrected chi connectivity index (χ3v) is 10.1. The van der Waals surface area contributed by atoms with Crippen LogP contribution in [0, 0.1) is 0 Å². The van der Waals surface area contributed by atoms with Crippen molar-refractivity contribution in [3.05, 3.63) is 81.5 Å². The number of hydrogen-bond acceptors (Lipinski definition) is 10. The highest BCUT2D eigenvalue weighted by molar-refractivity contribution is 8.00. The van der Waals surface area contributed by atoms with E-state index < -0.39 is 11.2 Å². The number of ether oxygens (including phenoxy) is 3. The first-order valence-corrected chi connectivity index (χ1v) is 17.3. The number of nitrogens with zero attached hydrogens (tertiary/aromatic N) is 3. The number of carbonyl (C=O) groups is 3. The number of rotatable bonds is 14. The van der Waals surface area contributed by atoms with Crippen LogP contribution in [0.5, 0.6) is 11.5 Å². The zero-order valence-corrected chi connectivity index (χ0v) is 28.6. The fourth-order valence-electron chi connectivity index (χ4n) is 5.38. The Hall–Kier alpha value is -4.36. The average Bonchev–Trinajstić information content (AvgIpc) is 3.66. The van der Waals surface area contributed by atoms with Gasteiger partial charge in [0.15, 0.2) is 22.5 Å². The highest BCUT2D eigenvalue weighted by Gasteiger charge is 2.29. The van der Waals surface area contributed by atoms with Gasteiger partial charge in [-0.25, -0.2) is 4.79 Å². The lowest BCUT2D eigenvalue weighted by Gasteiger charge is -2.15. The molecular formula is C34H39N5O6S2. The van der Waals surface area contributed by atoms with E-state index in [1.807, 2.05) is 34.9 Å². The molecule has 0 radical (unpaired) electrons. The number of anilines is 1. The van der Waals surface area contributed by atoms with E-state index in [0.29, 0.717) is 51.6 Å². The molecule has 13 heteroatoms. The van der Waals surface area contributed by atoms with Gasteiger partial charge in [-0.15, -0.1) is 21.5 Å². The summed E-state index contributed by atoms with van der Waals surface area (Å²) in [5.74, 6) is 0.583. The van der Waals surface area contributed by atoms with Crippen LogP contribution in [0.25, 0.3) is 0 Å². The van der Waals surface area contributed by atoms with Crippen LogP contribution in [0.3, 0.4) is 0 Å². The topological polar surface area (TPSA) is 134 Å². The molecule has 0 saturated carbocycles. The second-order valence-corrected chi connectivity index (χ2v) is 13.3. The molecule has 2 amide bonds. The first kappa shape index (κ1) is 34.0. The second kappa shape index (κ2) is 16.0. The van der Waals surface area contributed by atoms with Crippen LogP contribution in [0.1, 0.15) is 69.2 Å². The van der Waals surface area contributed by atoms with E-state index in [9.17, 15) is 14.4 Å². The minimum absolute atomic E-state index is 0.125. The molecule has 0 bridgehead atoms. The largest absolute Gasteiger partial charge is 0.493 e. The molecule has 0 fully saturated rings. The van der Waals surface area contributed by atoms with Gasteiger partial charge in [-0.2, -0.15) is 0 Å². The summed E-state index contributed by atoms with van der Waals surface area (Å²) in [4.78, 5) is 40.6. The second-order valence-electron chi connectivity index (χ2n) is 10.9. The van der Waals surface area contributed by atoms with Crippen LogP contribution in [0.15, 0.2) is 53.7 Å². The fourth-order valence-corrected chi connectivity index (χ4v) is 7.56. The van der Waals surface area contributed by atoms with Crippen molar-refractivity contribution >= 4 is 45.9 Å². The number of carbonyl (C=O) groups excluding carboxylic acids is 3. The minimum Gasteiger partial charge on any atom is -0.493 e. The molecule has 0 spiro atoms. The number of fused-ring (bicyclic) bond motifs is 1. The van der Waals surface area contributed by atoms with Gasteiger partial charge in [-0.3, -0.25) is 9.59 Å². The number of nitrogens with one attached hydrogen (secondary N) is 2. The van der Waals surface area contributed by atoms with Crippen LogP contribution >= 0.6 is 23.1 Å². The van der Waals surface area contributed by atoms with Crippen molar-refractivity contribution in [2.24, 2.45) is 0 Å². The first-order chi connectivity index (χ1) is 22.8. The quantitative estimate of drug-likeness (QED) is 0.127. The van der Waals surface area contributed by atoms with Gasteiger partial charge in [0.2, 0.25) is 5.91 Å². The van der Waals surface area contributed by atoms with Gasteiger partial charge < -0.3 is 29.4 Å². The number of thioether (sulfide) groups is 1. The zero-order chi connectivity index (χ0) is 33.3. The van der Waals surface area contributed by atoms with Crippen molar-refractivity contribution in [2.45, 2.75) is 69.4 Å². The number of aromatic nitrogens is 3. The number of benzene rings is 2. The Morgan fingerprint density at radius 1 is 1.02 bits per heavy atom. The van der Waals surface area contributed by atoms with Crippen molar-refractivity contribution in [1.82, 2.24) is 20.1 Å². The number of methoxy groups -OCH3 is 2. The van der Waals surface area contributed by atoms with Crippen molar-refractivity contribution in [1.29, 1.82) is 0 Å². The Bertz CT molecular complexity index is 1720. The van der Waals surface area contributed by atoms with E-state index in [4.69, 9.17) is 14.2 Å². The lowest BCUT2D eigenvalue weighted by atomic mass is 9.95. The van der Waals surface area contributed by atoms with Crippen molar-refractivity contribution in [2.75, 3.05) is 26.1 Å². The predicted molar refractivity (Wildman–Crippen MR) is 182 cm³/mol. The standard InChI is InChI=1S/C34H39N5O6S2/c1-5-45-33(42)29-24-13-9-10-14-27(24)47-32(29)36-30(40)21(2)46-34-38-37-28(39(34)18-17-22-11-7-6-8-12-22)20-35-31(41)23-15-16-25(43-3)26(19-23)44-4/h6-8,11-12,15-16,19,21H,5,9-10,13-14,17-18,20H2,1-4H3,(H,35,41)(H,36,40)/t21-/m1/s1. The molecule has 5 rings (SSSR count). The normalized spacial score (nSPS) is 12.9. The molecule has 0 saturated heterocycles. The maximum absolute atomic E-state index is 13.5. The Morgan fingerprint density at radius 2 is 1.79 bits per heavy atom. The lowest BCUT2D eigenvalue weighted by Crippen LogP contribution is -2.26. The zero-order valence-electron chi connectivity index (χ0n) is 27.0. The van der Waals surface area contributed by atoms with Gasteiger partial charge in [0, 0.05) is 17.0 Å². The maximum atomic E-state index is 13.5. The van der Waals surface area contributed by atoms with E-state index in [1.165, 1.54) is 37.3 Å². The summed E-state index contributed by atoms with van der Waals surface area (Å²) in [5, 5.41) is 15.3. The summed E-state index contributed by atoms with van der Waals surface area (Å²) in [6.45, 7) is 4.50. The van der Waals surface area contributed by atoms with Crippen LogP contribution < -0.4 is 20.1 Å². The van der Waals surface area contributed by atoms with Gasteiger partial charge >= 0.3 is 5.97 Å². The van der Waals surface area contributed by atoms with Crippen LogP contribution in [-0.4, -0.2) is 58.6 Å². The maximum Gasteiger partial charge on any atom is 0.341 e. The number of hydrogen-bond donors (Lipinski definition) is 2. The number of amides is 2. The molecule has 11 nitrogen and oxygen atoms in total. The predicted octanol–water partition coefficient (Wildman–Crippen LogP) is 5.70. The summed E-state index contributed by atoms with van der Waals surface area (Å²) < 4.78 is 17.9. The highest BCUT2D eigenvalue weighted by Crippen LogP contribution is 2.39. The molecule has 2 heterocycles.